The SMILES string of the molecule is CC(=O)c1sc(Nc2ccc(C#N)cc2Cl)nc1C(=O)O. The minimum atomic E-state index is -1.27. The normalized spacial score (nSPS) is 9.95. The Morgan fingerprint density at radius 1 is 1.48 bits per heavy atom. The van der Waals surface area contributed by atoms with E-state index < -0.39 is 5.97 Å². The van der Waals surface area contributed by atoms with Gasteiger partial charge in [-0.2, -0.15) is 5.26 Å². The van der Waals surface area contributed by atoms with Crippen LogP contribution in [0.2, 0.25) is 5.02 Å². The van der Waals surface area contributed by atoms with E-state index in [1.807, 2.05) is 6.07 Å². The predicted molar refractivity (Wildman–Crippen MR) is 78.5 cm³/mol. The van der Waals surface area contributed by atoms with Gasteiger partial charge in [0.15, 0.2) is 16.6 Å². The molecular formula is C13H8ClN3O3S. The number of carboxylic acids is 1. The molecule has 0 saturated heterocycles. The molecule has 6 nitrogen and oxygen atoms in total. The molecule has 0 fully saturated rings. The maximum atomic E-state index is 11.4. The molecule has 0 saturated carbocycles. The van der Waals surface area contributed by atoms with Crippen LogP contribution < -0.4 is 5.32 Å². The summed E-state index contributed by atoms with van der Waals surface area (Å²) in [5, 5.41) is 21.2. The molecule has 1 aromatic carbocycles. The lowest BCUT2D eigenvalue weighted by molar-refractivity contribution is 0.0687. The van der Waals surface area contributed by atoms with Crippen molar-refractivity contribution in [3.05, 3.63) is 39.4 Å². The van der Waals surface area contributed by atoms with Gasteiger partial charge in [0.2, 0.25) is 0 Å². The number of aromatic carboxylic acids is 1. The summed E-state index contributed by atoms with van der Waals surface area (Å²) >= 11 is 6.94. The first-order valence-corrected chi connectivity index (χ1v) is 6.83. The number of rotatable bonds is 4. The molecule has 0 atom stereocenters. The zero-order valence-corrected chi connectivity index (χ0v) is 12.2. The largest absolute Gasteiger partial charge is 0.476 e. The molecule has 0 unspecified atom stereocenters. The average molecular weight is 322 g/mol. The Hall–Kier alpha value is -2.43. The predicted octanol–water partition coefficient (Wildman–Crippen LogP) is 3.31. The number of ketones is 1. The molecular weight excluding hydrogens is 314 g/mol. The summed E-state index contributed by atoms with van der Waals surface area (Å²) in [6.07, 6.45) is 0. The van der Waals surface area contributed by atoms with E-state index >= 15 is 0 Å². The molecule has 0 radical (unpaired) electrons. The van der Waals surface area contributed by atoms with Crippen molar-refractivity contribution in [2.45, 2.75) is 6.92 Å². The zero-order chi connectivity index (χ0) is 15.6. The van der Waals surface area contributed by atoms with Gasteiger partial charge in [-0.15, -0.1) is 0 Å². The third-order valence-electron chi connectivity index (χ3n) is 2.49. The van der Waals surface area contributed by atoms with Crippen LogP contribution in [0.15, 0.2) is 18.2 Å². The van der Waals surface area contributed by atoms with Gasteiger partial charge in [-0.05, 0) is 18.2 Å². The molecule has 0 aliphatic heterocycles. The minimum absolute atomic E-state index is 0.0646. The van der Waals surface area contributed by atoms with Gasteiger partial charge in [0, 0.05) is 6.92 Å². The third-order valence-corrected chi connectivity index (χ3v) is 3.87. The van der Waals surface area contributed by atoms with Gasteiger partial charge in [-0.25, -0.2) is 9.78 Å². The molecule has 0 aliphatic carbocycles. The fraction of sp³-hybridized carbons (Fsp3) is 0.0769. The molecule has 0 bridgehead atoms. The maximum Gasteiger partial charge on any atom is 0.356 e. The van der Waals surface area contributed by atoms with Gasteiger partial charge >= 0.3 is 5.97 Å². The summed E-state index contributed by atoms with van der Waals surface area (Å²) < 4.78 is 0. The Kier molecular flexibility index (Phi) is 4.21. The fourth-order valence-corrected chi connectivity index (χ4v) is 2.65. The smallest absolute Gasteiger partial charge is 0.356 e. The number of hydrogen-bond acceptors (Lipinski definition) is 6. The second-order valence-electron chi connectivity index (χ2n) is 3.99. The van der Waals surface area contributed by atoms with Gasteiger partial charge in [-0.1, -0.05) is 22.9 Å². The second-order valence-corrected chi connectivity index (χ2v) is 5.40. The minimum Gasteiger partial charge on any atom is -0.476 e. The lowest BCUT2D eigenvalue weighted by Crippen LogP contribution is -2.03. The van der Waals surface area contributed by atoms with Gasteiger partial charge in [0.25, 0.3) is 0 Å². The van der Waals surface area contributed by atoms with Crippen LogP contribution in [-0.2, 0) is 0 Å². The van der Waals surface area contributed by atoms with Crippen molar-refractivity contribution in [2.24, 2.45) is 0 Å². The third kappa shape index (κ3) is 3.18. The first-order valence-electron chi connectivity index (χ1n) is 5.64. The summed E-state index contributed by atoms with van der Waals surface area (Å²) in [6, 6.07) is 6.57. The van der Waals surface area contributed by atoms with Crippen LogP contribution in [0.5, 0.6) is 0 Å². The van der Waals surface area contributed by atoms with Crippen LogP contribution in [0.4, 0.5) is 10.8 Å². The summed E-state index contributed by atoms with van der Waals surface area (Å²) in [6.45, 7) is 1.28. The molecule has 2 aromatic rings. The highest BCUT2D eigenvalue weighted by atomic mass is 35.5. The van der Waals surface area contributed by atoms with Crippen LogP contribution in [0.25, 0.3) is 0 Å². The molecule has 21 heavy (non-hydrogen) atoms. The Morgan fingerprint density at radius 2 is 2.19 bits per heavy atom. The van der Waals surface area contributed by atoms with E-state index in [0.717, 1.165) is 11.3 Å². The lowest BCUT2D eigenvalue weighted by Gasteiger charge is -2.04. The van der Waals surface area contributed by atoms with Crippen molar-refractivity contribution >= 4 is 45.5 Å². The van der Waals surface area contributed by atoms with Crippen molar-refractivity contribution in [1.82, 2.24) is 4.98 Å². The summed E-state index contributed by atoms with van der Waals surface area (Å²) in [7, 11) is 0. The molecule has 1 heterocycles. The number of benzene rings is 1. The number of nitrogens with zero attached hydrogens (tertiary/aromatic N) is 2. The van der Waals surface area contributed by atoms with E-state index in [0.29, 0.717) is 16.3 Å². The number of carboxylic acid groups (broad SMARTS) is 1. The number of anilines is 2. The quantitative estimate of drug-likeness (QED) is 0.837. The molecule has 2 rings (SSSR count). The monoisotopic (exact) mass is 321 g/mol. The van der Waals surface area contributed by atoms with Crippen LogP contribution in [0, 0.1) is 11.3 Å². The number of nitriles is 1. The van der Waals surface area contributed by atoms with E-state index in [1.54, 1.807) is 12.1 Å². The highest BCUT2D eigenvalue weighted by Gasteiger charge is 2.20. The standard InChI is InChI=1S/C13H8ClN3O3S/c1-6(18)11-10(12(19)20)17-13(21-11)16-9-3-2-7(5-15)4-8(9)14/h2-4H,1H3,(H,16,17)(H,19,20). The van der Waals surface area contributed by atoms with E-state index in [2.05, 4.69) is 10.3 Å². The van der Waals surface area contributed by atoms with Crippen LogP contribution in [-0.4, -0.2) is 21.8 Å². The van der Waals surface area contributed by atoms with Crippen LogP contribution in [0.1, 0.15) is 32.6 Å². The van der Waals surface area contributed by atoms with E-state index in [1.165, 1.54) is 13.0 Å². The molecule has 0 spiro atoms. The fourth-order valence-electron chi connectivity index (χ4n) is 1.56. The number of aromatic nitrogens is 1. The summed E-state index contributed by atoms with van der Waals surface area (Å²) in [4.78, 5) is 26.4. The number of hydrogen-bond donors (Lipinski definition) is 2. The number of thiazole rings is 1. The van der Waals surface area contributed by atoms with Gasteiger partial charge < -0.3 is 10.4 Å². The topological polar surface area (TPSA) is 103 Å². The van der Waals surface area contributed by atoms with Crippen molar-refractivity contribution in [2.75, 3.05) is 5.32 Å². The Bertz CT molecular complexity index is 748. The molecule has 106 valence electrons. The van der Waals surface area contributed by atoms with Crippen molar-refractivity contribution in [3.63, 3.8) is 0 Å². The van der Waals surface area contributed by atoms with E-state index in [9.17, 15) is 9.59 Å². The highest BCUT2D eigenvalue weighted by molar-refractivity contribution is 7.17. The number of carbonyl (C=O) groups is 2. The summed E-state index contributed by atoms with van der Waals surface area (Å²) in [5.41, 5.74) is 0.580. The lowest BCUT2D eigenvalue weighted by atomic mass is 10.2. The molecule has 0 aliphatic rings. The van der Waals surface area contributed by atoms with E-state index in [-0.39, 0.29) is 21.5 Å². The highest BCUT2D eigenvalue weighted by Crippen LogP contribution is 2.30. The number of carbonyl (C=O) groups excluding carboxylic acids is 1. The van der Waals surface area contributed by atoms with Crippen molar-refractivity contribution in [1.29, 1.82) is 5.26 Å². The first kappa shape index (κ1) is 15.0. The number of halogens is 1. The second kappa shape index (κ2) is 5.91. The number of Topliss-reactive ketones (excluding diaryl/α,β-unsaturated/α-hetero) is 1. The Morgan fingerprint density at radius 3 is 2.67 bits per heavy atom. The van der Waals surface area contributed by atoms with Crippen LogP contribution in [0.3, 0.4) is 0 Å². The maximum absolute atomic E-state index is 11.4. The Balaban J connectivity index is 2.37. The molecule has 8 heteroatoms. The average Bonchev–Trinajstić information content (AvgIpc) is 2.85. The van der Waals surface area contributed by atoms with E-state index in [4.69, 9.17) is 22.0 Å². The van der Waals surface area contributed by atoms with Crippen molar-refractivity contribution < 1.29 is 14.7 Å². The number of nitrogens with one attached hydrogen (secondary N) is 1. The Labute approximate surface area is 128 Å². The molecule has 1 aromatic heterocycles. The van der Waals surface area contributed by atoms with Gasteiger partial charge in [0.05, 0.1) is 22.3 Å². The van der Waals surface area contributed by atoms with Crippen molar-refractivity contribution in [3.8, 4) is 6.07 Å². The van der Waals surface area contributed by atoms with Gasteiger partial charge in [-0.3, -0.25) is 4.79 Å². The molecule has 0 amide bonds. The summed E-state index contributed by atoms with van der Waals surface area (Å²) in [5.74, 6) is -1.64. The van der Waals surface area contributed by atoms with Crippen LogP contribution >= 0.6 is 22.9 Å². The van der Waals surface area contributed by atoms with Gasteiger partial charge in [0.1, 0.15) is 4.88 Å². The zero-order valence-electron chi connectivity index (χ0n) is 10.7. The first-order chi connectivity index (χ1) is 9.92. The molecule has 2 N–H and O–H groups in total.